The maximum absolute atomic E-state index is 11.7. The van der Waals surface area contributed by atoms with Crippen LogP contribution in [-0.4, -0.2) is 34.4 Å². The van der Waals surface area contributed by atoms with Crippen molar-refractivity contribution < 1.29 is 14.0 Å². The molecular formula is C16H20N4O3S. The summed E-state index contributed by atoms with van der Waals surface area (Å²) >= 11 is 1.09. The number of aryl methyl sites for hydroxylation is 1. The molecule has 8 heteroatoms. The first-order chi connectivity index (χ1) is 11.6. The lowest BCUT2D eigenvalue weighted by molar-refractivity contribution is -0.117. The van der Waals surface area contributed by atoms with Crippen LogP contribution in [0.4, 0.5) is 4.79 Å². The zero-order valence-corrected chi connectivity index (χ0v) is 14.5. The van der Waals surface area contributed by atoms with Crippen molar-refractivity contribution in [3.8, 4) is 11.5 Å². The summed E-state index contributed by atoms with van der Waals surface area (Å²) in [6.07, 6.45) is 1.85. The normalized spacial score (nSPS) is 10.4. The molecule has 0 fully saturated rings. The van der Waals surface area contributed by atoms with Crippen molar-refractivity contribution in [1.82, 2.24) is 20.8 Å². The molecule has 1 heterocycles. The molecule has 0 spiro atoms. The second kappa shape index (κ2) is 9.07. The van der Waals surface area contributed by atoms with Gasteiger partial charge in [-0.25, -0.2) is 4.79 Å². The van der Waals surface area contributed by atoms with Crippen LogP contribution in [0, 0.1) is 6.92 Å². The molecule has 0 aliphatic heterocycles. The van der Waals surface area contributed by atoms with E-state index in [4.69, 9.17) is 4.42 Å². The zero-order valence-electron chi connectivity index (χ0n) is 13.7. The Morgan fingerprint density at radius 3 is 2.88 bits per heavy atom. The highest BCUT2D eigenvalue weighted by molar-refractivity contribution is 7.99. The molecule has 2 N–H and O–H groups in total. The van der Waals surface area contributed by atoms with Crippen molar-refractivity contribution in [2.45, 2.75) is 31.9 Å². The molecule has 3 amide bonds. The number of rotatable bonds is 7. The molecule has 0 saturated carbocycles. The Morgan fingerprint density at radius 1 is 1.29 bits per heavy atom. The zero-order chi connectivity index (χ0) is 17.4. The van der Waals surface area contributed by atoms with Gasteiger partial charge in [-0.1, -0.05) is 42.8 Å². The lowest BCUT2D eigenvalue weighted by Crippen LogP contribution is -2.40. The molecule has 2 aromatic rings. The fourth-order valence-electron chi connectivity index (χ4n) is 1.88. The number of aromatic nitrogens is 2. The summed E-state index contributed by atoms with van der Waals surface area (Å²) in [7, 11) is 0. The van der Waals surface area contributed by atoms with Crippen LogP contribution >= 0.6 is 11.8 Å². The fourth-order valence-corrected chi connectivity index (χ4v) is 2.44. The molecule has 0 radical (unpaired) electrons. The Labute approximate surface area is 144 Å². The summed E-state index contributed by atoms with van der Waals surface area (Å²) in [5.41, 5.74) is 1.92. The van der Waals surface area contributed by atoms with E-state index in [1.807, 2.05) is 38.1 Å². The first-order valence-electron chi connectivity index (χ1n) is 7.69. The first kappa shape index (κ1) is 18.0. The Morgan fingerprint density at radius 2 is 2.12 bits per heavy atom. The van der Waals surface area contributed by atoms with Gasteiger partial charge < -0.3 is 9.73 Å². The summed E-state index contributed by atoms with van der Waals surface area (Å²) in [5, 5.41) is 13.0. The van der Waals surface area contributed by atoms with E-state index >= 15 is 0 Å². The molecule has 1 aromatic heterocycles. The fraction of sp³-hybridized carbons (Fsp3) is 0.375. The van der Waals surface area contributed by atoms with Gasteiger partial charge in [-0.3, -0.25) is 10.1 Å². The molecule has 0 saturated heterocycles. The van der Waals surface area contributed by atoms with E-state index in [0.29, 0.717) is 12.4 Å². The Balaban J connectivity index is 1.80. The molecule has 24 heavy (non-hydrogen) atoms. The van der Waals surface area contributed by atoms with E-state index in [2.05, 4.69) is 20.8 Å². The molecule has 7 nitrogen and oxygen atoms in total. The van der Waals surface area contributed by atoms with Gasteiger partial charge in [0.2, 0.25) is 11.8 Å². The maximum Gasteiger partial charge on any atom is 0.321 e. The monoisotopic (exact) mass is 348 g/mol. The Hall–Kier alpha value is -2.35. The minimum absolute atomic E-state index is 0.0245. The van der Waals surface area contributed by atoms with Crippen molar-refractivity contribution in [2.24, 2.45) is 0 Å². The van der Waals surface area contributed by atoms with Gasteiger partial charge in [-0.2, -0.15) is 0 Å². The summed E-state index contributed by atoms with van der Waals surface area (Å²) in [6.45, 7) is 4.55. The molecule has 2 rings (SSSR count). The van der Waals surface area contributed by atoms with E-state index < -0.39 is 11.9 Å². The van der Waals surface area contributed by atoms with Gasteiger partial charge in [0.1, 0.15) is 0 Å². The number of carbonyl (C=O) groups is 2. The highest BCUT2D eigenvalue weighted by atomic mass is 32.2. The van der Waals surface area contributed by atoms with Crippen molar-refractivity contribution in [2.75, 3.05) is 12.3 Å². The molecule has 1 aromatic carbocycles. The predicted molar refractivity (Wildman–Crippen MR) is 91.6 cm³/mol. The van der Waals surface area contributed by atoms with Gasteiger partial charge in [0.15, 0.2) is 0 Å². The summed E-state index contributed by atoms with van der Waals surface area (Å²) in [6, 6.07) is 7.22. The third kappa shape index (κ3) is 5.69. The number of carbonyl (C=O) groups excluding carboxylic acids is 2. The molecular weight excluding hydrogens is 328 g/mol. The number of imide groups is 1. The number of unbranched alkanes of at least 4 members (excludes halogenated alkanes) is 1. The lowest BCUT2D eigenvalue weighted by Gasteiger charge is -2.04. The van der Waals surface area contributed by atoms with Crippen LogP contribution in [0.1, 0.15) is 25.3 Å². The van der Waals surface area contributed by atoms with Crippen LogP contribution in [0.15, 0.2) is 33.9 Å². The van der Waals surface area contributed by atoms with Gasteiger partial charge in [-0.05, 0) is 25.5 Å². The van der Waals surface area contributed by atoms with Crippen LogP contribution in [0.3, 0.4) is 0 Å². The van der Waals surface area contributed by atoms with Crippen LogP contribution in [0.2, 0.25) is 0 Å². The summed E-state index contributed by atoms with van der Waals surface area (Å²) < 4.78 is 5.52. The van der Waals surface area contributed by atoms with Crippen molar-refractivity contribution >= 4 is 23.7 Å². The average molecular weight is 348 g/mol. The van der Waals surface area contributed by atoms with Crippen molar-refractivity contribution in [3.63, 3.8) is 0 Å². The molecule has 0 aliphatic carbocycles. The van der Waals surface area contributed by atoms with Gasteiger partial charge in [0.25, 0.3) is 5.22 Å². The minimum atomic E-state index is -0.486. The largest absolute Gasteiger partial charge is 0.411 e. The molecule has 0 aliphatic rings. The maximum atomic E-state index is 11.7. The number of benzene rings is 1. The third-order valence-corrected chi connectivity index (χ3v) is 3.89. The molecule has 0 bridgehead atoms. The SMILES string of the molecule is CCCCNC(=O)NC(=O)CSc1nnc(-c2cccc(C)c2)o1. The molecule has 128 valence electrons. The van der Waals surface area contributed by atoms with Crippen LogP contribution in [0.5, 0.6) is 0 Å². The Kier molecular flexibility index (Phi) is 6.80. The van der Waals surface area contributed by atoms with Crippen molar-refractivity contribution in [1.29, 1.82) is 0 Å². The summed E-state index contributed by atoms with van der Waals surface area (Å²) in [5.74, 6) is 0.0135. The van der Waals surface area contributed by atoms with E-state index in [1.165, 1.54) is 0 Å². The van der Waals surface area contributed by atoms with E-state index in [0.717, 1.165) is 35.7 Å². The lowest BCUT2D eigenvalue weighted by atomic mass is 10.1. The molecule has 0 unspecified atom stereocenters. The highest BCUT2D eigenvalue weighted by Gasteiger charge is 2.12. The summed E-state index contributed by atoms with van der Waals surface area (Å²) in [4.78, 5) is 23.2. The van der Waals surface area contributed by atoms with E-state index in [1.54, 1.807) is 0 Å². The third-order valence-electron chi connectivity index (χ3n) is 3.07. The first-order valence-corrected chi connectivity index (χ1v) is 8.68. The smallest absolute Gasteiger partial charge is 0.321 e. The van der Waals surface area contributed by atoms with E-state index in [-0.39, 0.29) is 11.0 Å². The number of urea groups is 1. The number of nitrogens with one attached hydrogen (secondary N) is 2. The van der Waals surface area contributed by atoms with Gasteiger partial charge in [-0.15, -0.1) is 10.2 Å². The number of nitrogens with zero attached hydrogens (tertiary/aromatic N) is 2. The highest BCUT2D eigenvalue weighted by Crippen LogP contribution is 2.23. The predicted octanol–water partition coefficient (Wildman–Crippen LogP) is 2.76. The number of amides is 3. The second-order valence-corrected chi connectivity index (χ2v) is 6.12. The van der Waals surface area contributed by atoms with Crippen LogP contribution in [-0.2, 0) is 4.79 Å². The van der Waals surface area contributed by atoms with Crippen LogP contribution < -0.4 is 10.6 Å². The van der Waals surface area contributed by atoms with Crippen LogP contribution in [0.25, 0.3) is 11.5 Å². The second-order valence-electron chi connectivity index (χ2n) is 5.19. The van der Waals surface area contributed by atoms with Crippen molar-refractivity contribution in [3.05, 3.63) is 29.8 Å². The van der Waals surface area contributed by atoms with E-state index in [9.17, 15) is 9.59 Å². The van der Waals surface area contributed by atoms with Gasteiger partial charge >= 0.3 is 6.03 Å². The molecule has 0 atom stereocenters. The van der Waals surface area contributed by atoms with Gasteiger partial charge in [0.05, 0.1) is 5.75 Å². The topological polar surface area (TPSA) is 97.1 Å². The Bertz CT molecular complexity index is 702. The van der Waals surface area contributed by atoms with Gasteiger partial charge in [0, 0.05) is 12.1 Å². The number of thioether (sulfide) groups is 1. The average Bonchev–Trinajstić information content (AvgIpc) is 3.02. The standard InChI is InChI=1S/C16H20N4O3S/c1-3-4-8-17-15(22)18-13(21)10-24-16-20-19-14(23-16)12-7-5-6-11(2)9-12/h5-7,9H,3-4,8,10H2,1-2H3,(H2,17,18,21,22). The quantitative estimate of drug-likeness (QED) is 0.590. The number of hydrogen-bond acceptors (Lipinski definition) is 6. The minimum Gasteiger partial charge on any atom is -0.411 e. The number of hydrogen-bond donors (Lipinski definition) is 2.